The van der Waals surface area contributed by atoms with Crippen molar-refractivity contribution in [2.24, 2.45) is 0 Å². The molecular formula is C21H18ClNO3. The van der Waals surface area contributed by atoms with Crippen LogP contribution < -0.4 is 14.8 Å². The molecule has 0 spiro atoms. The van der Waals surface area contributed by atoms with Gasteiger partial charge in [-0.05, 0) is 49.4 Å². The van der Waals surface area contributed by atoms with Crippen molar-refractivity contribution in [3.63, 3.8) is 0 Å². The molecule has 4 nitrogen and oxygen atoms in total. The van der Waals surface area contributed by atoms with Gasteiger partial charge in [-0.3, -0.25) is 4.79 Å². The SMILES string of the molecule is CCOc1ccc(Cl)cc1C(=O)Nc1ccccc1Oc1ccccc1. The van der Waals surface area contributed by atoms with E-state index in [1.807, 2.05) is 49.4 Å². The topological polar surface area (TPSA) is 47.6 Å². The number of hydrogen-bond acceptors (Lipinski definition) is 3. The molecule has 5 heteroatoms. The van der Waals surface area contributed by atoms with Gasteiger partial charge < -0.3 is 14.8 Å². The quantitative estimate of drug-likeness (QED) is 0.600. The molecule has 3 aromatic carbocycles. The molecule has 26 heavy (non-hydrogen) atoms. The van der Waals surface area contributed by atoms with Crippen molar-refractivity contribution >= 4 is 23.2 Å². The molecule has 0 heterocycles. The van der Waals surface area contributed by atoms with E-state index in [0.717, 1.165) is 0 Å². The Morgan fingerprint density at radius 1 is 0.962 bits per heavy atom. The minimum absolute atomic E-state index is 0.319. The zero-order valence-corrected chi connectivity index (χ0v) is 15.0. The fraction of sp³-hybridized carbons (Fsp3) is 0.0952. The number of anilines is 1. The van der Waals surface area contributed by atoms with Crippen LogP contribution in [0.4, 0.5) is 5.69 Å². The van der Waals surface area contributed by atoms with Crippen molar-refractivity contribution in [1.29, 1.82) is 0 Å². The predicted octanol–water partition coefficient (Wildman–Crippen LogP) is 5.78. The Morgan fingerprint density at radius 2 is 1.69 bits per heavy atom. The number of para-hydroxylation sites is 3. The molecule has 0 fully saturated rings. The Hall–Kier alpha value is -2.98. The Kier molecular flexibility index (Phi) is 5.77. The molecule has 0 bridgehead atoms. The van der Waals surface area contributed by atoms with Gasteiger partial charge in [-0.1, -0.05) is 41.9 Å². The second-order valence-corrected chi connectivity index (χ2v) is 5.88. The number of benzene rings is 3. The average molecular weight is 368 g/mol. The van der Waals surface area contributed by atoms with Crippen LogP contribution in [0.2, 0.25) is 5.02 Å². The van der Waals surface area contributed by atoms with Crippen LogP contribution >= 0.6 is 11.6 Å². The molecule has 0 aromatic heterocycles. The van der Waals surface area contributed by atoms with Crippen LogP contribution in [0.5, 0.6) is 17.2 Å². The minimum atomic E-state index is -0.319. The summed E-state index contributed by atoms with van der Waals surface area (Å²) in [5.74, 6) is 1.40. The van der Waals surface area contributed by atoms with Crippen LogP contribution in [0.25, 0.3) is 0 Å². The predicted molar refractivity (Wildman–Crippen MR) is 104 cm³/mol. The Morgan fingerprint density at radius 3 is 2.46 bits per heavy atom. The number of nitrogens with one attached hydrogen (secondary N) is 1. The van der Waals surface area contributed by atoms with Crippen LogP contribution in [0.1, 0.15) is 17.3 Å². The first-order valence-electron chi connectivity index (χ1n) is 8.23. The third kappa shape index (κ3) is 4.35. The third-order valence-electron chi connectivity index (χ3n) is 3.59. The van der Waals surface area contributed by atoms with Gasteiger partial charge in [-0.15, -0.1) is 0 Å². The van der Waals surface area contributed by atoms with Gasteiger partial charge in [-0.2, -0.15) is 0 Å². The lowest BCUT2D eigenvalue weighted by atomic mass is 10.1. The van der Waals surface area contributed by atoms with E-state index in [4.69, 9.17) is 21.1 Å². The van der Waals surface area contributed by atoms with Gasteiger partial charge in [-0.25, -0.2) is 0 Å². The number of rotatable bonds is 6. The number of amides is 1. The van der Waals surface area contributed by atoms with Crippen LogP contribution in [-0.4, -0.2) is 12.5 Å². The smallest absolute Gasteiger partial charge is 0.259 e. The van der Waals surface area contributed by atoms with E-state index in [2.05, 4.69) is 5.32 Å². The Bertz CT molecular complexity index is 897. The number of ether oxygens (including phenoxy) is 2. The molecule has 0 aliphatic rings. The number of carbonyl (C=O) groups excluding carboxylic acids is 1. The Labute approximate surface area is 157 Å². The maximum absolute atomic E-state index is 12.8. The van der Waals surface area contributed by atoms with Gasteiger partial charge in [0.1, 0.15) is 11.5 Å². The van der Waals surface area contributed by atoms with Crippen LogP contribution in [-0.2, 0) is 0 Å². The van der Waals surface area contributed by atoms with Crippen molar-refractivity contribution in [2.75, 3.05) is 11.9 Å². The highest BCUT2D eigenvalue weighted by atomic mass is 35.5. The summed E-state index contributed by atoms with van der Waals surface area (Å²) in [7, 11) is 0. The summed E-state index contributed by atoms with van der Waals surface area (Å²) in [6, 6.07) is 21.6. The van der Waals surface area contributed by atoms with Crippen molar-refractivity contribution in [1.82, 2.24) is 0 Å². The first-order valence-corrected chi connectivity index (χ1v) is 8.61. The van der Waals surface area contributed by atoms with Gasteiger partial charge in [0, 0.05) is 5.02 Å². The van der Waals surface area contributed by atoms with E-state index in [0.29, 0.717) is 40.1 Å². The van der Waals surface area contributed by atoms with Crippen molar-refractivity contribution in [3.05, 3.63) is 83.4 Å². The van der Waals surface area contributed by atoms with E-state index in [9.17, 15) is 4.79 Å². The molecular weight excluding hydrogens is 350 g/mol. The van der Waals surface area contributed by atoms with Gasteiger partial charge in [0.05, 0.1) is 17.9 Å². The van der Waals surface area contributed by atoms with Crippen LogP contribution in [0.3, 0.4) is 0 Å². The molecule has 1 N–H and O–H groups in total. The molecule has 132 valence electrons. The van der Waals surface area contributed by atoms with Gasteiger partial charge in [0.25, 0.3) is 5.91 Å². The van der Waals surface area contributed by atoms with Gasteiger partial charge in [0.15, 0.2) is 5.75 Å². The normalized spacial score (nSPS) is 10.2. The molecule has 3 rings (SSSR count). The van der Waals surface area contributed by atoms with E-state index >= 15 is 0 Å². The zero-order valence-electron chi connectivity index (χ0n) is 14.2. The first-order chi connectivity index (χ1) is 12.7. The van der Waals surface area contributed by atoms with E-state index in [-0.39, 0.29) is 5.91 Å². The zero-order chi connectivity index (χ0) is 18.4. The number of carbonyl (C=O) groups is 1. The monoisotopic (exact) mass is 367 g/mol. The van der Waals surface area contributed by atoms with Crippen molar-refractivity contribution in [2.45, 2.75) is 6.92 Å². The summed E-state index contributed by atoms with van der Waals surface area (Å²) in [6.07, 6.45) is 0. The van der Waals surface area contributed by atoms with E-state index in [1.54, 1.807) is 30.3 Å². The van der Waals surface area contributed by atoms with E-state index < -0.39 is 0 Å². The second kappa shape index (κ2) is 8.41. The molecule has 0 aliphatic carbocycles. The molecule has 3 aromatic rings. The van der Waals surface area contributed by atoms with Crippen molar-refractivity contribution < 1.29 is 14.3 Å². The minimum Gasteiger partial charge on any atom is -0.493 e. The fourth-order valence-corrected chi connectivity index (χ4v) is 2.60. The summed E-state index contributed by atoms with van der Waals surface area (Å²) in [6.45, 7) is 2.31. The summed E-state index contributed by atoms with van der Waals surface area (Å²) in [5.41, 5.74) is 0.928. The van der Waals surface area contributed by atoms with Crippen LogP contribution in [0.15, 0.2) is 72.8 Å². The summed E-state index contributed by atoms with van der Waals surface area (Å²) >= 11 is 6.04. The lowest BCUT2D eigenvalue weighted by molar-refractivity contribution is 0.102. The van der Waals surface area contributed by atoms with Gasteiger partial charge >= 0.3 is 0 Å². The lowest BCUT2D eigenvalue weighted by Crippen LogP contribution is -2.14. The maximum Gasteiger partial charge on any atom is 0.259 e. The highest BCUT2D eigenvalue weighted by Gasteiger charge is 2.15. The molecule has 0 saturated carbocycles. The van der Waals surface area contributed by atoms with Gasteiger partial charge in [0.2, 0.25) is 0 Å². The first kappa shape index (κ1) is 17.8. The largest absolute Gasteiger partial charge is 0.493 e. The number of hydrogen-bond donors (Lipinski definition) is 1. The molecule has 0 unspecified atom stereocenters. The average Bonchev–Trinajstić information content (AvgIpc) is 2.66. The standard InChI is InChI=1S/C21H18ClNO3/c1-2-25-19-13-12-15(22)14-17(19)21(24)23-18-10-6-7-11-20(18)26-16-8-4-3-5-9-16/h3-14H,2H2,1H3,(H,23,24). The molecule has 0 radical (unpaired) electrons. The number of halogens is 1. The highest BCUT2D eigenvalue weighted by molar-refractivity contribution is 6.31. The molecule has 1 amide bonds. The second-order valence-electron chi connectivity index (χ2n) is 5.44. The molecule has 0 saturated heterocycles. The molecule has 0 aliphatic heterocycles. The summed E-state index contributed by atoms with van der Waals surface area (Å²) in [5, 5.41) is 3.34. The van der Waals surface area contributed by atoms with Crippen molar-refractivity contribution in [3.8, 4) is 17.2 Å². The maximum atomic E-state index is 12.8. The van der Waals surface area contributed by atoms with Crippen LogP contribution in [0, 0.1) is 0 Å². The Balaban J connectivity index is 1.85. The fourth-order valence-electron chi connectivity index (χ4n) is 2.43. The highest BCUT2D eigenvalue weighted by Crippen LogP contribution is 2.31. The molecule has 0 atom stereocenters. The van der Waals surface area contributed by atoms with E-state index in [1.165, 1.54) is 0 Å². The summed E-state index contributed by atoms with van der Waals surface area (Å²) < 4.78 is 11.4. The lowest BCUT2D eigenvalue weighted by Gasteiger charge is -2.14. The third-order valence-corrected chi connectivity index (χ3v) is 3.83. The summed E-state index contributed by atoms with van der Waals surface area (Å²) in [4.78, 5) is 12.8.